The summed E-state index contributed by atoms with van der Waals surface area (Å²) in [5, 5.41) is 3.03. The quantitative estimate of drug-likeness (QED) is 0.729. The fourth-order valence-corrected chi connectivity index (χ4v) is 3.15. The van der Waals surface area contributed by atoms with E-state index in [2.05, 4.69) is 26.2 Å². The highest BCUT2D eigenvalue weighted by Gasteiger charge is 2.14. The van der Waals surface area contributed by atoms with Crippen molar-refractivity contribution >= 4 is 48.5 Å². The molecule has 1 N–H and O–H groups in total. The van der Waals surface area contributed by atoms with Crippen molar-refractivity contribution in [1.82, 2.24) is 4.98 Å². The van der Waals surface area contributed by atoms with Crippen molar-refractivity contribution in [1.29, 1.82) is 0 Å². The standard InChI is InChI=1S/C15H10BrFN2O2S/c1-21-9-3-5-12-13(7-9)22-15(18-12)19-14(20)10-4-2-8(16)6-11(10)17/h2-7H,1H3,(H,18,19,20). The molecule has 0 saturated heterocycles. The SMILES string of the molecule is COc1ccc2nc(NC(=O)c3ccc(Br)cc3F)sc2c1. The second-order valence-corrected chi connectivity index (χ2v) is 6.38. The maximum absolute atomic E-state index is 13.8. The Kier molecular flexibility index (Phi) is 4.08. The number of methoxy groups -OCH3 is 1. The Morgan fingerprint density at radius 3 is 2.86 bits per heavy atom. The Labute approximate surface area is 138 Å². The number of hydrogen-bond donors (Lipinski definition) is 1. The smallest absolute Gasteiger partial charge is 0.260 e. The van der Waals surface area contributed by atoms with Crippen LogP contribution in [-0.4, -0.2) is 18.0 Å². The van der Waals surface area contributed by atoms with Crippen LogP contribution in [0.15, 0.2) is 40.9 Å². The second-order valence-electron chi connectivity index (χ2n) is 4.43. The molecule has 0 atom stereocenters. The van der Waals surface area contributed by atoms with Crippen molar-refractivity contribution in [2.24, 2.45) is 0 Å². The summed E-state index contributed by atoms with van der Waals surface area (Å²) in [7, 11) is 1.58. The number of amides is 1. The molecule has 3 rings (SSSR count). The minimum absolute atomic E-state index is 0.0277. The molecule has 0 saturated carbocycles. The average molecular weight is 381 g/mol. The van der Waals surface area contributed by atoms with E-state index in [1.54, 1.807) is 25.3 Å². The van der Waals surface area contributed by atoms with Crippen molar-refractivity contribution in [3.63, 3.8) is 0 Å². The molecule has 1 amide bonds. The van der Waals surface area contributed by atoms with Crippen molar-refractivity contribution in [2.75, 3.05) is 12.4 Å². The first-order chi connectivity index (χ1) is 10.6. The lowest BCUT2D eigenvalue weighted by Gasteiger charge is -2.03. The molecule has 0 spiro atoms. The van der Waals surface area contributed by atoms with Gasteiger partial charge in [-0.05, 0) is 36.4 Å². The average Bonchev–Trinajstić information content (AvgIpc) is 2.87. The minimum Gasteiger partial charge on any atom is -0.497 e. The number of ether oxygens (including phenoxy) is 1. The number of hydrogen-bond acceptors (Lipinski definition) is 4. The zero-order chi connectivity index (χ0) is 15.7. The minimum atomic E-state index is -0.588. The summed E-state index contributed by atoms with van der Waals surface area (Å²) in [4.78, 5) is 16.4. The molecule has 1 aromatic heterocycles. The number of carbonyl (C=O) groups excluding carboxylic acids is 1. The number of halogens is 2. The summed E-state index contributed by atoms with van der Waals surface area (Å²) >= 11 is 4.46. The highest BCUT2D eigenvalue weighted by atomic mass is 79.9. The number of fused-ring (bicyclic) bond motifs is 1. The summed E-state index contributed by atoms with van der Waals surface area (Å²) in [6.07, 6.45) is 0. The Bertz CT molecular complexity index is 866. The Morgan fingerprint density at radius 1 is 1.32 bits per heavy atom. The Balaban J connectivity index is 1.87. The number of rotatable bonds is 3. The summed E-state index contributed by atoms with van der Waals surface area (Å²) in [5.74, 6) is -0.404. The van der Waals surface area contributed by atoms with Crippen LogP contribution in [0.4, 0.5) is 9.52 Å². The van der Waals surface area contributed by atoms with Crippen molar-refractivity contribution < 1.29 is 13.9 Å². The van der Waals surface area contributed by atoms with Gasteiger partial charge in [-0.3, -0.25) is 10.1 Å². The monoisotopic (exact) mass is 380 g/mol. The van der Waals surface area contributed by atoms with E-state index in [9.17, 15) is 9.18 Å². The predicted molar refractivity (Wildman–Crippen MR) is 88.2 cm³/mol. The van der Waals surface area contributed by atoms with Crippen LogP contribution >= 0.6 is 27.3 Å². The van der Waals surface area contributed by atoms with Crippen molar-refractivity contribution in [3.8, 4) is 5.75 Å². The lowest BCUT2D eigenvalue weighted by molar-refractivity contribution is 0.102. The maximum Gasteiger partial charge on any atom is 0.260 e. The number of nitrogens with one attached hydrogen (secondary N) is 1. The van der Waals surface area contributed by atoms with Gasteiger partial charge in [0.15, 0.2) is 5.13 Å². The van der Waals surface area contributed by atoms with Gasteiger partial charge in [0.25, 0.3) is 5.91 Å². The fourth-order valence-electron chi connectivity index (χ4n) is 1.92. The zero-order valence-electron chi connectivity index (χ0n) is 11.4. The highest BCUT2D eigenvalue weighted by molar-refractivity contribution is 9.10. The molecule has 4 nitrogen and oxygen atoms in total. The lowest BCUT2D eigenvalue weighted by atomic mass is 10.2. The van der Waals surface area contributed by atoms with Gasteiger partial charge in [-0.2, -0.15) is 0 Å². The first-order valence-corrected chi connectivity index (χ1v) is 7.89. The van der Waals surface area contributed by atoms with Gasteiger partial charge in [0.2, 0.25) is 0 Å². The molecule has 0 radical (unpaired) electrons. The second kappa shape index (κ2) is 6.02. The first-order valence-electron chi connectivity index (χ1n) is 6.28. The van der Waals surface area contributed by atoms with Crippen LogP contribution in [0.25, 0.3) is 10.2 Å². The summed E-state index contributed by atoms with van der Waals surface area (Å²) in [5.41, 5.74) is 0.720. The molecule has 0 aliphatic heterocycles. The summed E-state index contributed by atoms with van der Waals surface area (Å²) in [6.45, 7) is 0. The molecule has 0 unspecified atom stereocenters. The van der Waals surface area contributed by atoms with Crippen LogP contribution in [0, 0.1) is 5.82 Å². The fraction of sp³-hybridized carbons (Fsp3) is 0.0667. The van der Waals surface area contributed by atoms with Gasteiger partial charge < -0.3 is 4.74 Å². The van der Waals surface area contributed by atoms with Gasteiger partial charge in [-0.15, -0.1) is 0 Å². The van der Waals surface area contributed by atoms with E-state index >= 15 is 0 Å². The van der Waals surface area contributed by atoms with Crippen molar-refractivity contribution in [2.45, 2.75) is 0 Å². The largest absolute Gasteiger partial charge is 0.497 e. The van der Waals surface area contributed by atoms with E-state index in [1.807, 2.05) is 6.07 Å². The van der Waals surface area contributed by atoms with Crippen LogP contribution in [0.5, 0.6) is 5.75 Å². The number of carbonyl (C=O) groups is 1. The van der Waals surface area contributed by atoms with Crippen LogP contribution in [0.1, 0.15) is 10.4 Å². The molecular weight excluding hydrogens is 371 g/mol. The Morgan fingerprint density at radius 2 is 2.14 bits per heavy atom. The number of thiazole rings is 1. The van der Waals surface area contributed by atoms with Gasteiger partial charge in [0, 0.05) is 4.47 Å². The molecule has 3 aromatic rings. The molecule has 22 heavy (non-hydrogen) atoms. The van der Waals surface area contributed by atoms with Crippen LogP contribution < -0.4 is 10.1 Å². The number of anilines is 1. The number of nitrogens with zero attached hydrogens (tertiary/aromatic N) is 1. The van der Waals surface area contributed by atoms with E-state index in [-0.39, 0.29) is 5.56 Å². The maximum atomic E-state index is 13.8. The molecular formula is C15H10BrFN2O2S. The molecule has 112 valence electrons. The normalized spacial score (nSPS) is 10.7. The third-order valence-electron chi connectivity index (χ3n) is 2.99. The third kappa shape index (κ3) is 2.95. The van der Waals surface area contributed by atoms with E-state index in [1.165, 1.54) is 23.5 Å². The van der Waals surface area contributed by atoms with Gasteiger partial charge in [0.1, 0.15) is 11.6 Å². The van der Waals surface area contributed by atoms with Crippen LogP contribution in [0.2, 0.25) is 0 Å². The molecule has 0 bridgehead atoms. The first kappa shape index (κ1) is 14.9. The van der Waals surface area contributed by atoms with Crippen molar-refractivity contribution in [3.05, 3.63) is 52.3 Å². The lowest BCUT2D eigenvalue weighted by Crippen LogP contribution is -2.13. The highest BCUT2D eigenvalue weighted by Crippen LogP contribution is 2.29. The van der Waals surface area contributed by atoms with E-state index < -0.39 is 11.7 Å². The van der Waals surface area contributed by atoms with Gasteiger partial charge in [-0.1, -0.05) is 27.3 Å². The van der Waals surface area contributed by atoms with E-state index in [0.29, 0.717) is 15.4 Å². The molecule has 7 heteroatoms. The number of benzene rings is 2. The van der Waals surface area contributed by atoms with Gasteiger partial charge >= 0.3 is 0 Å². The summed E-state index contributed by atoms with van der Waals surface area (Å²) < 4.78 is 20.4. The summed E-state index contributed by atoms with van der Waals surface area (Å²) in [6, 6.07) is 9.72. The molecule has 2 aromatic carbocycles. The van der Waals surface area contributed by atoms with E-state index in [0.717, 1.165) is 10.2 Å². The molecule has 0 aliphatic rings. The topological polar surface area (TPSA) is 51.2 Å². The predicted octanol–water partition coefficient (Wildman–Crippen LogP) is 4.46. The zero-order valence-corrected chi connectivity index (χ0v) is 13.8. The Hall–Kier alpha value is -1.99. The third-order valence-corrected chi connectivity index (χ3v) is 4.42. The van der Waals surface area contributed by atoms with E-state index in [4.69, 9.17) is 4.74 Å². The number of aromatic nitrogens is 1. The van der Waals surface area contributed by atoms with Crippen LogP contribution in [-0.2, 0) is 0 Å². The van der Waals surface area contributed by atoms with Crippen LogP contribution in [0.3, 0.4) is 0 Å². The molecule has 1 heterocycles. The van der Waals surface area contributed by atoms with Gasteiger partial charge in [-0.25, -0.2) is 9.37 Å². The van der Waals surface area contributed by atoms with Gasteiger partial charge in [0.05, 0.1) is 22.9 Å². The molecule has 0 aliphatic carbocycles. The molecule has 0 fully saturated rings.